The third-order valence-corrected chi connectivity index (χ3v) is 2.28. The van der Waals surface area contributed by atoms with Crippen molar-refractivity contribution in [2.75, 3.05) is 26.7 Å². The fourth-order valence-corrected chi connectivity index (χ4v) is 1.17. The normalized spacial score (nSPS) is 11.5. The summed E-state index contributed by atoms with van der Waals surface area (Å²) in [5.74, 6) is -1.71. The predicted molar refractivity (Wildman–Crippen MR) is 65.5 cm³/mol. The third kappa shape index (κ3) is 7.98. The first-order valence-electron chi connectivity index (χ1n) is 5.94. The fourth-order valence-electron chi connectivity index (χ4n) is 1.17. The van der Waals surface area contributed by atoms with E-state index in [-0.39, 0.29) is 31.9 Å². The second-order valence-corrected chi connectivity index (χ2v) is 3.85. The molecule has 0 saturated carbocycles. The Balaban J connectivity index is 3.82. The van der Waals surface area contributed by atoms with Crippen molar-refractivity contribution in [1.29, 1.82) is 0 Å². The van der Waals surface area contributed by atoms with Gasteiger partial charge < -0.3 is 25.2 Å². The zero-order valence-electron chi connectivity index (χ0n) is 11.1. The Bertz CT molecular complexity index is 320. The number of nitrogens with zero attached hydrogens (tertiary/aromatic N) is 1. The first kappa shape index (κ1) is 17.2. The molecule has 0 spiro atoms. The smallest absolute Gasteiger partial charge is 0.332 e. The first-order chi connectivity index (χ1) is 8.88. The minimum absolute atomic E-state index is 0.0377. The zero-order chi connectivity index (χ0) is 14.8. The number of carboxylic acid groups (broad SMARTS) is 1. The highest BCUT2D eigenvalue weighted by atomic mass is 16.5. The summed E-state index contributed by atoms with van der Waals surface area (Å²) in [5.41, 5.74) is 0. The van der Waals surface area contributed by atoms with Crippen LogP contribution < -0.4 is 5.32 Å². The average molecular weight is 276 g/mol. The van der Waals surface area contributed by atoms with Crippen LogP contribution in [0.4, 0.5) is 4.79 Å². The van der Waals surface area contributed by atoms with Crippen LogP contribution in [-0.4, -0.2) is 65.9 Å². The SMILES string of the molecule is CCOC(=O)CCN(C)C(=O)NCCC(O)C(=O)O. The molecule has 0 saturated heterocycles. The summed E-state index contributed by atoms with van der Waals surface area (Å²) < 4.78 is 4.72. The number of aliphatic hydroxyl groups is 1. The summed E-state index contributed by atoms with van der Waals surface area (Å²) in [6, 6.07) is -0.443. The van der Waals surface area contributed by atoms with Gasteiger partial charge in [0.15, 0.2) is 6.10 Å². The maximum Gasteiger partial charge on any atom is 0.332 e. The molecule has 3 N–H and O–H groups in total. The van der Waals surface area contributed by atoms with Crippen LogP contribution in [0.3, 0.4) is 0 Å². The lowest BCUT2D eigenvalue weighted by molar-refractivity contribution is -0.147. The van der Waals surface area contributed by atoms with E-state index in [1.165, 1.54) is 11.9 Å². The molecule has 8 nitrogen and oxygen atoms in total. The van der Waals surface area contributed by atoms with Gasteiger partial charge in [-0.25, -0.2) is 9.59 Å². The molecule has 110 valence electrons. The molecule has 0 fully saturated rings. The van der Waals surface area contributed by atoms with E-state index in [0.29, 0.717) is 6.61 Å². The maximum atomic E-state index is 11.5. The Morgan fingerprint density at radius 2 is 2.00 bits per heavy atom. The summed E-state index contributed by atoms with van der Waals surface area (Å²) in [5, 5.41) is 19.9. The van der Waals surface area contributed by atoms with Crippen LogP contribution in [-0.2, 0) is 14.3 Å². The molecular weight excluding hydrogens is 256 g/mol. The van der Waals surface area contributed by atoms with Crippen LogP contribution in [0.25, 0.3) is 0 Å². The molecule has 0 aromatic rings. The zero-order valence-corrected chi connectivity index (χ0v) is 11.1. The Labute approximate surface area is 111 Å². The molecule has 0 aromatic heterocycles. The van der Waals surface area contributed by atoms with Crippen LogP contribution in [0, 0.1) is 0 Å². The molecular formula is C11H20N2O6. The molecule has 0 radical (unpaired) electrons. The number of esters is 1. The van der Waals surface area contributed by atoms with Crippen LogP contribution >= 0.6 is 0 Å². The van der Waals surface area contributed by atoms with Crippen LogP contribution in [0.5, 0.6) is 0 Å². The van der Waals surface area contributed by atoms with Crippen molar-refractivity contribution in [1.82, 2.24) is 10.2 Å². The molecule has 0 rings (SSSR count). The van der Waals surface area contributed by atoms with Gasteiger partial charge in [0.25, 0.3) is 0 Å². The van der Waals surface area contributed by atoms with Gasteiger partial charge >= 0.3 is 18.0 Å². The largest absolute Gasteiger partial charge is 0.479 e. The summed E-state index contributed by atoms with van der Waals surface area (Å²) in [4.78, 5) is 34.2. The van der Waals surface area contributed by atoms with Crippen molar-refractivity contribution in [3.05, 3.63) is 0 Å². The van der Waals surface area contributed by atoms with Gasteiger partial charge in [-0.3, -0.25) is 4.79 Å². The molecule has 0 aliphatic heterocycles. The van der Waals surface area contributed by atoms with Gasteiger partial charge in [0, 0.05) is 26.6 Å². The molecule has 1 unspecified atom stereocenters. The molecule has 0 aliphatic carbocycles. The van der Waals surface area contributed by atoms with E-state index in [9.17, 15) is 14.4 Å². The molecule has 8 heteroatoms. The van der Waals surface area contributed by atoms with Crippen molar-refractivity contribution in [3.63, 3.8) is 0 Å². The van der Waals surface area contributed by atoms with Crippen LogP contribution in [0.2, 0.25) is 0 Å². The Morgan fingerprint density at radius 3 is 2.53 bits per heavy atom. The number of urea groups is 1. The van der Waals surface area contributed by atoms with Gasteiger partial charge in [0.2, 0.25) is 0 Å². The number of ether oxygens (including phenoxy) is 1. The number of amides is 2. The van der Waals surface area contributed by atoms with Gasteiger partial charge in [0.05, 0.1) is 13.0 Å². The minimum atomic E-state index is -1.50. The minimum Gasteiger partial charge on any atom is -0.479 e. The van der Waals surface area contributed by atoms with Crippen molar-refractivity contribution < 1.29 is 29.3 Å². The standard InChI is InChI=1S/C11H20N2O6/c1-3-19-9(15)5-7-13(2)11(18)12-6-4-8(14)10(16)17/h8,14H,3-7H2,1-2H3,(H,12,18)(H,16,17). The number of carbonyl (C=O) groups is 3. The molecule has 0 bridgehead atoms. The van der Waals surface area contributed by atoms with E-state index < -0.39 is 18.1 Å². The van der Waals surface area contributed by atoms with E-state index in [0.717, 1.165) is 0 Å². The second kappa shape index (κ2) is 9.15. The Hall–Kier alpha value is -1.83. The number of rotatable bonds is 8. The van der Waals surface area contributed by atoms with Crippen molar-refractivity contribution in [2.45, 2.75) is 25.9 Å². The number of aliphatic carboxylic acids is 1. The van der Waals surface area contributed by atoms with Gasteiger partial charge in [-0.1, -0.05) is 0 Å². The maximum absolute atomic E-state index is 11.5. The monoisotopic (exact) mass is 276 g/mol. The molecule has 19 heavy (non-hydrogen) atoms. The number of carboxylic acids is 1. The lowest BCUT2D eigenvalue weighted by atomic mass is 10.2. The fraction of sp³-hybridized carbons (Fsp3) is 0.727. The quantitative estimate of drug-likeness (QED) is 0.511. The number of carbonyl (C=O) groups excluding carboxylic acids is 2. The van der Waals surface area contributed by atoms with Gasteiger partial charge in [-0.2, -0.15) is 0 Å². The van der Waals surface area contributed by atoms with Gasteiger partial charge in [-0.15, -0.1) is 0 Å². The molecule has 1 atom stereocenters. The highest BCUT2D eigenvalue weighted by Gasteiger charge is 2.14. The van der Waals surface area contributed by atoms with E-state index in [1.807, 2.05) is 0 Å². The van der Waals surface area contributed by atoms with E-state index in [1.54, 1.807) is 6.92 Å². The summed E-state index contributed by atoms with van der Waals surface area (Å²) in [6.45, 7) is 2.23. The first-order valence-corrected chi connectivity index (χ1v) is 5.94. The summed E-state index contributed by atoms with van der Waals surface area (Å²) in [6.07, 6.45) is -1.48. The predicted octanol–water partition coefficient (Wildman–Crippen LogP) is -0.583. The lowest BCUT2D eigenvalue weighted by Gasteiger charge is -2.17. The molecule has 0 heterocycles. The second-order valence-electron chi connectivity index (χ2n) is 3.85. The highest BCUT2D eigenvalue weighted by molar-refractivity contribution is 5.75. The van der Waals surface area contributed by atoms with Crippen LogP contribution in [0.1, 0.15) is 19.8 Å². The number of aliphatic hydroxyl groups excluding tert-OH is 1. The lowest BCUT2D eigenvalue weighted by Crippen LogP contribution is -2.40. The van der Waals surface area contributed by atoms with Gasteiger partial charge in [-0.05, 0) is 6.92 Å². The topological polar surface area (TPSA) is 116 Å². The number of hydrogen-bond donors (Lipinski definition) is 3. The number of nitrogens with one attached hydrogen (secondary N) is 1. The Morgan fingerprint density at radius 1 is 1.37 bits per heavy atom. The van der Waals surface area contributed by atoms with Crippen molar-refractivity contribution >= 4 is 18.0 Å². The summed E-state index contributed by atoms with van der Waals surface area (Å²) in [7, 11) is 1.50. The third-order valence-electron chi connectivity index (χ3n) is 2.28. The van der Waals surface area contributed by atoms with Crippen molar-refractivity contribution in [2.24, 2.45) is 0 Å². The summed E-state index contributed by atoms with van der Waals surface area (Å²) >= 11 is 0. The van der Waals surface area contributed by atoms with E-state index in [4.69, 9.17) is 14.9 Å². The van der Waals surface area contributed by atoms with Gasteiger partial charge in [0.1, 0.15) is 0 Å². The van der Waals surface area contributed by atoms with Crippen LogP contribution in [0.15, 0.2) is 0 Å². The Kier molecular flexibility index (Phi) is 8.27. The number of hydrogen-bond acceptors (Lipinski definition) is 5. The highest BCUT2D eigenvalue weighted by Crippen LogP contribution is 1.94. The average Bonchev–Trinajstić information content (AvgIpc) is 2.35. The van der Waals surface area contributed by atoms with E-state index in [2.05, 4.69) is 5.32 Å². The van der Waals surface area contributed by atoms with Crippen molar-refractivity contribution in [3.8, 4) is 0 Å². The molecule has 0 aliphatic rings. The molecule has 2 amide bonds. The molecule has 0 aromatic carbocycles. The van der Waals surface area contributed by atoms with E-state index >= 15 is 0 Å².